The highest BCUT2D eigenvalue weighted by molar-refractivity contribution is 8.03. The van der Waals surface area contributed by atoms with E-state index in [0.29, 0.717) is 43.8 Å². The Morgan fingerprint density at radius 3 is 2.38 bits per heavy atom. The summed E-state index contributed by atoms with van der Waals surface area (Å²) in [4.78, 5) is 63.8. The third-order valence-electron chi connectivity index (χ3n) is 7.74. The standard InChI is InChI=1S/C23H30F2N4O7S/c1-9-15-14(10(2)27-19(30)18(24)25)21(32)29(15)16(23(35)36)17(9)37-12-7-13(26-8-12)20(31)28-5-3-11(4-6-28)22(33)34/h9-15,18,26H,3-8H2,1-2H3,(H,27,30)(H,33,34)(H,35,36)/t9-,10?,12+,13+,14-,15-/m1/s1. The molecule has 3 saturated heterocycles. The first kappa shape index (κ1) is 27.3. The molecule has 204 valence electrons. The van der Waals surface area contributed by atoms with Crippen LogP contribution in [0, 0.1) is 17.8 Å². The summed E-state index contributed by atoms with van der Waals surface area (Å²) in [6.45, 7) is 4.41. The number of alkyl halides is 2. The van der Waals surface area contributed by atoms with E-state index < -0.39 is 66.1 Å². The number of carboxylic acids is 2. The van der Waals surface area contributed by atoms with Gasteiger partial charge in [0.15, 0.2) is 0 Å². The van der Waals surface area contributed by atoms with Crippen molar-refractivity contribution in [2.75, 3.05) is 19.6 Å². The highest BCUT2D eigenvalue weighted by Gasteiger charge is 2.60. The molecule has 37 heavy (non-hydrogen) atoms. The minimum atomic E-state index is -3.22. The molecule has 1 unspecified atom stereocenters. The Hall–Kier alpha value is -2.74. The summed E-state index contributed by atoms with van der Waals surface area (Å²) in [5.41, 5.74) is -0.137. The molecule has 14 heteroatoms. The number of fused-ring (bicyclic) bond motifs is 1. The molecule has 0 radical (unpaired) electrons. The molecule has 4 rings (SSSR count). The molecular formula is C23H30F2N4O7S. The number of β-lactam (4-membered cyclic amide) rings is 1. The number of nitrogens with one attached hydrogen (secondary N) is 2. The average Bonchev–Trinajstić information content (AvgIpc) is 3.40. The van der Waals surface area contributed by atoms with Crippen LogP contribution in [0.1, 0.15) is 33.1 Å². The fourth-order valence-corrected chi connectivity index (χ4v) is 7.28. The van der Waals surface area contributed by atoms with E-state index in [1.807, 2.05) is 0 Å². The molecule has 0 aromatic carbocycles. The summed E-state index contributed by atoms with van der Waals surface area (Å²) in [5.74, 6) is -5.91. The number of likely N-dealkylation sites (tertiary alicyclic amines) is 1. The summed E-state index contributed by atoms with van der Waals surface area (Å²) in [6, 6.07) is -1.94. The number of nitrogens with zero attached hydrogens (tertiary/aromatic N) is 2. The number of rotatable bonds is 8. The van der Waals surface area contributed by atoms with E-state index >= 15 is 0 Å². The Morgan fingerprint density at radius 1 is 1.16 bits per heavy atom. The number of piperidine rings is 1. The minimum absolute atomic E-state index is 0.110. The predicted molar refractivity (Wildman–Crippen MR) is 126 cm³/mol. The molecule has 4 aliphatic rings. The van der Waals surface area contributed by atoms with Gasteiger partial charge in [0, 0.05) is 41.7 Å². The van der Waals surface area contributed by atoms with Gasteiger partial charge >= 0.3 is 18.4 Å². The second kappa shape index (κ2) is 10.6. The van der Waals surface area contributed by atoms with Gasteiger partial charge in [0.2, 0.25) is 11.8 Å². The highest BCUT2D eigenvalue weighted by Crippen LogP contribution is 2.51. The average molecular weight is 545 g/mol. The van der Waals surface area contributed by atoms with Gasteiger partial charge in [0.05, 0.1) is 23.9 Å². The summed E-state index contributed by atoms with van der Waals surface area (Å²) in [7, 11) is 0. The molecular weight excluding hydrogens is 514 g/mol. The third kappa shape index (κ3) is 5.05. The van der Waals surface area contributed by atoms with E-state index in [1.165, 1.54) is 23.6 Å². The SMILES string of the molecule is CC(NC(=O)C(F)F)[C@H]1C(=O)N2C(C(=O)O)=C(S[C@@H]3CN[C@H](C(=O)N4CCC(C(=O)O)CC4)C3)[C@H](C)[C@H]12. The van der Waals surface area contributed by atoms with Crippen LogP contribution in [-0.4, -0.2) is 99.1 Å². The number of aliphatic carboxylic acids is 2. The van der Waals surface area contributed by atoms with Gasteiger partial charge in [-0.2, -0.15) is 8.78 Å². The van der Waals surface area contributed by atoms with Gasteiger partial charge in [-0.05, 0) is 26.2 Å². The van der Waals surface area contributed by atoms with Crippen molar-refractivity contribution in [3.05, 3.63) is 10.6 Å². The zero-order valence-corrected chi connectivity index (χ0v) is 21.2. The van der Waals surface area contributed by atoms with Crippen molar-refractivity contribution in [1.29, 1.82) is 0 Å². The normalized spacial score (nSPS) is 30.8. The van der Waals surface area contributed by atoms with Crippen LogP contribution < -0.4 is 10.6 Å². The van der Waals surface area contributed by atoms with Crippen molar-refractivity contribution < 1.29 is 43.0 Å². The summed E-state index contributed by atoms with van der Waals surface area (Å²) in [6.07, 6.45) is -1.97. The second-order valence-electron chi connectivity index (χ2n) is 10.0. The van der Waals surface area contributed by atoms with Crippen LogP contribution in [0.25, 0.3) is 0 Å². The smallest absolute Gasteiger partial charge is 0.353 e. The van der Waals surface area contributed by atoms with Crippen molar-refractivity contribution in [1.82, 2.24) is 20.4 Å². The molecule has 0 bridgehead atoms. The maximum atomic E-state index is 13.0. The Morgan fingerprint density at radius 2 is 1.81 bits per heavy atom. The summed E-state index contributed by atoms with van der Waals surface area (Å²) < 4.78 is 25.4. The number of carboxylic acid groups (broad SMARTS) is 2. The van der Waals surface area contributed by atoms with Gasteiger partial charge in [0.1, 0.15) is 5.70 Å². The van der Waals surface area contributed by atoms with Crippen molar-refractivity contribution >= 4 is 41.4 Å². The molecule has 0 aromatic heterocycles. The van der Waals surface area contributed by atoms with Crippen LogP contribution in [0.5, 0.6) is 0 Å². The molecule has 0 spiro atoms. The molecule has 11 nitrogen and oxygen atoms in total. The largest absolute Gasteiger partial charge is 0.481 e. The van der Waals surface area contributed by atoms with Crippen molar-refractivity contribution in [3.8, 4) is 0 Å². The molecule has 0 aliphatic carbocycles. The van der Waals surface area contributed by atoms with Gasteiger partial charge in [-0.3, -0.25) is 19.2 Å². The van der Waals surface area contributed by atoms with E-state index in [9.17, 15) is 37.9 Å². The van der Waals surface area contributed by atoms with Crippen LogP contribution in [0.15, 0.2) is 10.6 Å². The number of carbonyl (C=O) groups is 5. The molecule has 0 aromatic rings. The number of halogens is 2. The predicted octanol–water partition coefficient (Wildman–Crippen LogP) is 0.316. The molecule has 6 atom stereocenters. The lowest BCUT2D eigenvalue weighted by atomic mass is 9.78. The van der Waals surface area contributed by atoms with Crippen LogP contribution in [-0.2, 0) is 24.0 Å². The molecule has 4 heterocycles. The van der Waals surface area contributed by atoms with Crippen LogP contribution in [0.2, 0.25) is 0 Å². The Balaban J connectivity index is 1.40. The summed E-state index contributed by atoms with van der Waals surface area (Å²) in [5, 5.41) is 24.2. The second-order valence-corrected chi connectivity index (χ2v) is 11.3. The van der Waals surface area contributed by atoms with E-state index in [2.05, 4.69) is 10.6 Å². The summed E-state index contributed by atoms with van der Waals surface area (Å²) >= 11 is 1.30. The lowest BCUT2D eigenvalue weighted by Crippen LogP contribution is -2.66. The van der Waals surface area contributed by atoms with Gasteiger partial charge < -0.3 is 30.6 Å². The fourth-order valence-electron chi connectivity index (χ4n) is 5.80. The van der Waals surface area contributed by atoms with E-state index in [0.717, 1.165) is 0 Å². The van der Waals surface area contributed by atoms with Crippen LogP contribution >= 0.6 is 11.8 Å². The lowest BCUT2D eigenvalue weighted by molar-refractivity contribution is -0.159. The van der Waals surface area contributed by atoms with Gasteiger partial charge in [-0.25, -0.2) is 4.79 Å². The number of hydrogen-bond donors (Lipinski definition) is 4. The van der Waals surface area contributed by atoms with Crippen molar-refractivity contribution in [3.63, 3.8) is 0 Å². The highest BCUT2D eigenvalue weighted by atomic mass is 32.2. The number of carbonyl (C=O) groups excluding carboxylic acids is 3. The topological polar surface area (TPSA) is 156 Å². The zero-order valence-electron chi connectivity index (χ0n) is 20.4. The maximum Gasteiger partial charge on any atom is 0.353 e. The number of thioether (sulfide) groups is 1. The van der Waals surface area contributed by atoms with Gasteiger partial charge in [-0.1, -0.05) is 6.92 Å². The quantitative estimate of drug-likeness (QED) is 0.316. The molecule has 4 aliphatic heterocycles. The lowest BCUT2D eigenvalue weighted by Gasteiger charge is -2.47. The van der Waals surface area contributed by atoms with E-state index in [1.54, 1.807) is 11.8 Å². The first-order chi connectivity index (χ1) is 17.4. The molecule has 4 N–H and O–H groups in total. The molecule has 3 fully saturated rings. The number of amides is 3. The first-order valence-corrected chi connectivity index (χ1v) is 13.1. The Kier molecular flexibility index (Phi) is 7.79. The van der Waals surface area contributed by atoms with Crippen LogP contribution in [0.4, 0.5) is 8.78 Å². The van der Waals surface area contributed by atoms with Crippen LogP contribution in [0.3, 0.4) is 0 Å². The zero-order chi connectivity index (χ0) is 27.2. The number of hydrogen-bond acceptors (Lipinski definition) is 7. The third-order valence-corrected chi connectivity index (χ3v) is 9.25. The van der Waals surface area contributed by atoms with Gasteiger partial charge in [-0.15, -0.1) is 11.8 Å². The molecule has 0 saturated carbocycles. The molecule has 3 amide bonds. The van der Waals surface area contributed by atoms with E-state index in [4.69, 9.17) is 5.11 Å². The van der Waals surface area contributed by atoms with Crippen molar-refractivity contribution in [2.24, 2.45) is 17.8 Å². The monoisotopic (exact) mass is 544 g/mol. The Bertz CT molecular complexity index is 1030. The fraction of sp³-hybridized carbons (Fsp3) is 0.696. The van der Waals surface area contributed by atoms with Crippen molar-refractivity contribution in [2.45, 2.75) is 62.9 Å². The first-order valence-electron chi connectivity index (χ1n) is 12.2. The maximum absolute atomic E-state index is 13.0. The van der Waals surface area contributed by atoms with Gasteiger partial charge in [0.25, 0.3) is 5.91 Å². The van der Waals surface area contributed by atoms with E-state index in [-0.39, 0.29) is 16.9 Å². The Labute approximate surface area is 216 Å². The minimum Gasteiger partial charge on any atom is -0.481 e.